The molecule has 6 heterocycles. The van der Waals surface area contributed by atoms with Crippen molar-refractivity contribution in [2.45, 2.75) is 6.92 Å². The molecular formula is C49H29IN6. The average Bonchev–Trinajstić information content (AvgIpc) is 3.25. The summed E-state index contributed by atoms with van der Waals surface area (Å²) >= 11 is 2.39. The van der Waals surface area contributed by atoms with E-state index in [-0.39, 0.29) is 0 Å². The zero-order chi connectivity index (χ0) is 37.3. The van der Waals surface area contributed by atoms with Gasteiger partial charge in [0.1, 0.15) is 0 Å². The van der Waals surface area contributed by atoms with Crippen molar-refractivity contribution >= 4 is 88.0 Å². The van der Waals surface area contributed by atoms with Gasteiger partial charge in [-0.1, -0.05) is 72.8 Å². The minimum Gasteiger partial charge on any atom is -0.254 e. The summed E-state index contributed by atoms with van der Waals surface area (Å²) in [5, 5.41) is 6.38. The third-order valence-electron chi connectivity index (χ3n) is 10.5. The van der Waals surface area contributed by atoms with Gasteiger partial charge in [0.15, 0.2) is 0 Å². The predicted molar refractivity (Wildman–Crippen MR) is 237 cm³/mol. The van der Waals surface area contributed by atoms with Crippen LogP contribution in [0.15, 0.2) is 158 Å². The Morgan fingerprint density at radius 1 is 0.339 bits per heavy atom. The van der Waals surface area contributed by atoms with Crippen LogP contribution in [0.4, 0.5) is 0 Å². The van der Waals surface area contributed by atoms with E-state index < -0.39 is 0 Å². The van der Waals surface area contributed by atoms with Crippen LogP contribution in [0.1, 0.15) is 5.56 Å². The van der Waals surface area contributed by atoms with Gasteiger partial charge in [-0.2, -0.15) is 0 Å². The predicted octanol–water partition coefficient (Wildman–Crippen LogP) is 12.6. The number of hydrogen-bond acceptors (Lipinski definition) is 6. The van der Waals surface area contributed by atoms with E-state index >= 15 is 0 Å². The second-order valence-electron chi connectivity index (χ2n) is 14.2. The Bertz CT molecular complexity index is 3190. The molecule has 5 aromatic carbocycles. The number of pyridine rings is 6. The molecule has 11 rings (SSSR count). The molecule has 6 nitrogen and oxygen atoms in total. The molecule has 0 saturated carbocycles. The summed E-state index contributed by atoms with van der Waals surface area (Å²) < 4.78 is 1.11. The number of rotatable bonds is 4. The van der Waals surface area contributed by atoms with Crippen molar-refractivity contribution in [2.75, 3.05) is 0 Å². The largest absolute Gasteiger partial charge is 0.254 e. The van der Waals surface area contributed by atoms with E-state index in [4.69, 9.17) is 19.9 Å². The third-order valence-corrected chi connectivity index (χ3v) is 11.2. The Morgan fingerprint density at radius 2 is 0.643 bits per heavy atom. The molecule has 11 aromatic rings. The molecule has 7 heteroatoms. The van der Waals surface area contributed by atoms with Crippen LogP contribution in [0, 0.1) is 10.5 Å². The van der Waals surface area contributed by atoms with Crippen LogP contribution >= 0.6 is 22.6 Å². The number of nitrogens with zero attached hydrogens (tertiary/aromatic N) is 6. The Hall–Kier alpha value is -6.71. The molecule has 56 heavy (non-hydrogen) atoms. The molecule has 0 unspecified atom stereocenters. The number of hydrogen-bond donors (Lipinski definition) is 0. The molecule has 0 aliphatic carbocycles. The Balaban J connectivity index is 1.00. The number of fused-ring (bicyclic) bond motifs is 9. The molecule has 0 atom stereocenters. The molecule has 0 N–H and O–H groups in total. The van der Waals surface area contributed by atoms with E-state index in [9.17, 15) is 0 Å². The highest BCUT2D eigenvalue weighted by Crippen LogP contribution is 2.34. The summed E-state index contributed by atoms with van der Waals surface area (Å²) in [5.41, 5.74) is 14.2. The van der Waals surface area contributed by atoms with E-state index in [0.29, 0.717) is 0 Å². The van der Waals surface area contributed by atoms with Gasteiger partial charge in [-0.3, -0.25) is 9.97 Å². The van der Waals surface area contributed by atoms with E-state index in [2.05, 4.69) is 173 Å². The first kappa shape index (κ1) is 32.7. The standard InChI is InChI=1S/C49H29IN6/c1-28-22-35(40-16-12-31-8-6-29-4-2-20-51-44(29)46(31)53-40)24-36(23-28)41-17-14-33-10-11-34-15-19-43(56-49(34)48(33)55-41)38-25-37(26-39(50)27-38)42-18-13-32-9-7-30-5-3-21-52-45(30)47(32)54-42/h2-27H,1H3. The number of aryl methyl sites for hydroxylation is 1. The van der Waals surface area contributed by atoms with Gasteiger partial charge in [0.2, 0.25) is 0 Å². The molecule has 0 aliphatic rings. The van der Waals surface area contributed by atoms with Crippen LogP contribution in [0.25, 0.3) is 110 Å². The van der Waals surface area contributed by atoms with Gasteiger partial charge in [0, 0.05) is 70.5 Å². The fourth-order valence-electron chi connectivity index (χ4n) is 7.82. The lowest BCUT2D eigenvalue weighted by Gasteiger charge is -2.11. The molecule has 0 fully saturated rings. The fraction of sp³-hybridized carbons (Fsp3) is 0.0204. The van der Waals surface area contributed by atoms with E-state index in [1.807, 2.05) is 24.5 Å². The minimum atomic E-state index is 0.868. The van der Waals surface area contributed by atoms with Gasteiger partial charge in [-0.25, -0.2) is 19.9 Å². The molecule has 0 bridgehead atoms. The molecule has 6 aromatic heterocycles. The van der Waals surface area contributed by atoms with Crippen molar-refractivity contribution in [3.05, 3.63) is 167 Å². The number of aromatic nitrogens is 6. The van der Waals surface area contributed by atoms with Crippen molar-refractivity contribution < 1.29 is 0 Å². The van der Waals surface area contributed by atoms with E-state index in [1.54, 1.807) is 0 Å². The summed E-state index contributed by atoms with van der Waals surface area (Å²) in [5.74, 6) is 0. The zero-order valence-corrected chi connectivity index (χ0v) is 32.2. The van der Waals surface area contributed by atoms with Gasteiger partial charge in [0.05, 0.1) is 55.9 Å². The topological polar surface area (TPSA) is 77.3 Å². The van der Waals surface area contributed by atoms with Gasteiger partial charge >= 0.3 is 0 Å². The quantitative estimate of drug-likeness (QED) is 0.130. The van der Waals surface area contributed by atoms with Crippen molar-refractivity contribution in [2.24, 2.45) is 0 Å². The first-order valence-electron chi connectivity index (χ1n) is 18.4. The maximum atomic E-state index is 5.30. The highest BCUT2D eigenvalue weighted by molar-refractivity contribution is 14.1. The van der Waals surface area contributed by atoms with Crippen molar-refractivity contribution in [1.29, 1.82) is 0 Å². The molecule has 0 aliphatic heterocycles. The van der Waals surface area contributed by atoms with Gasteiger partial charge < -0.3 is 0 Å². The molecule has 0 amide bonds. The lowest BCUT2D eigenvalue weighted by Crippen LogP contribution is -1.93. The number of halogens is 1. The molecular weight excluding hydrogens is 799 g/mol. The van der Waals surface area contributed by atoms with Crippen molar-refractivity contribution in [3.63, 3.8) is 0 Å². The molecule has 0 radical (unpaired) electrons. The van der Waals surface area contributed by atoms with Crippen LogP contribution in [0.3, 0.4) is 0 Å². The summed E-state index contributed by atoms with van der Waals surface area (Å²) in [4.78, 5) is 30.2. The van der Waals surface area contributed by atoms with E-state index in [0.717, 1.165) is 120 Å². The lowest BCUT2D eigenvalue weighted by molar-refractivity contribution is 1.34. The maximum absolute atomic E-state index is 5.30. The summed E-state index contributed by atoms with van der Waals surface area (Å²) in [7, 11) is 0. The first-order chi connectivity index (χ1) is 27.5. The first-order valence-corrected chi connectivity index (χ1v) is 19.5. The second kappa shape index (κ2) is 13.0. The second-order valence-corrected chi connectivity index (χ2v) is 15.5. The van der Waals surface area contributed by atoms with Crippen LogP contribution in [-0.2, 0) is 0 Å². The average molecular weight is 829 g/mol. The Labute approximate surface area is 335 Å². The van der Waals surface area contributed by atoms with Crippen molar-refractivity contribution in [3.8, 4) is 45.0 Å². The monoisotopic (exact) mass is 828 g/mol. The van der Waals surface area contributed by atoms with Gasteiger partial charge in [-0.15, -0.1) is 0 Å². The van der Waals surface area contributed by atoms with Crippen LogP contribution < -0.4 is 0 Å². The SMILES string of the molecule is Cc1cc(-c2ccc3ccc4cccnc4c3n2)cc(-c2ccc3ccc4ccc(-c5cc(I)cc(-c6ccc7ccc8cccnc8c7n6)c5)nc4c3n2)c1. The highest BCUT2D eigenvalue weighted by Gasteiger charge is 2.14. The van der Waals surface area contributed by atoms with Crippen LogP contribution in [0.5, 0.6) is 0 Å². The van der Waals surface area contributed by atoms with Crippen molar-refractivity contribution in [1.82, 2.24) is 29.9 Å². The third kappa shape index (κ3) is 5.62. The molecule has 0 spiro atoms. The Kier molecular flexibility index (Phi) is 7.57. The maximum Gasteiger partial charge on any atom is 0.0972 e. The normalized spacial score (nSPS) is 11.8. The van der Waals surface area contributed by atoms with Gasteiger partial charge in [-0.05, 0) is 108 Å². The summed E-state index contributed by atoms with van der Waals surface area (Å²) in [6, 6.07) is 50.8. The minimum absolute atomic E-state index is 0.868. The van der Waals surface area contributed by atoms with Crippen LogP contribution in [-0.4, -0.2) is 29.9 Å². The van der Waals surface area contributed by atoms with Gasteiger partial charge in [0.25, 0.3) is 0 Å². The summed E-state index contributed by atoms with van der Waals surface area (Å²) in [6.45, 7) is 2.12. The van der Waals surface area contributed by atoms with E-state index in [1.165, 1.54) is 0 Å². The zero-order valence-electron chi connectivity index (χ0n) is 30.1. The Morgan fingerprint density at radius 3 is 1.02 bits per heavy atom. The van der Waals surface area contributed by atoms with Crippen LogP contribution in [0.2, 0.25) is 0 Å². The summed E-state index contributed by atoms with van der Waals surface area (Å²) in [6.07, 6.45) is 3.66. The number of benzene rings is 5. The molecule has 262 valence electrons. The lowest BCUT2D eigenvalue weighted by atomic mass is 10.00. The smallest absolute Gasteiger partial charge is 0.0972 e. The fourth-order valence-corrected chi connectivity index (χ4v) is 8.49. The highest BCUT2D eigenvalue weighted by atomic mass is 127. The molecule has 0 saturated heterocycles.